The first-order chi connectivity index (χ1) is 15.8. The molecule has 2 aromatic heterocycles. The number of furan rings is 1. The Hall–Kier alpha value is -3.72. The quantitative estimate of drug-likeness (QED) is 0.295. The van der Waals surface area contributed by atoms with Gasteiger partial charge < -0.3 is 15.1 Å². The van der Waals surface area contributed by atoms with Gasteiger partial charge in [0.2, 0.25) is 11.6 Å². The zero-order valence-electron chi connectivity index (χ0n) is 18.2. The second-order valence-corrected chi connectivity index (χ2v) is 8.68. The van der Waals surface area contributed by atoms with Crippen molar-refractivity contribution in [3.63, 3.8) is 0 Å². The summed E-state index contributed by atoms with van der Waals surface area (Å²) in [5.41, 5.74) is 1.70. The second-order valence-electron chi connectivity index (χ2n) is 7.37. The van der Waals surface area contributed by atoms with Gasteiger partial charge in [-0.3, -0.25) is 9.59 Å². The van der Waals surface area contributed by atoms with Crippen LogP contribution < -0.4 is 10.6 Å². The van der Waals surface area contributed by atoms with Gasteiger partial charge in [-0.15, -0.1) is 0 Å². The van der Waals surface area contributed by atoms with Gasteiger partial charge in [-0.25, -0.2) is 9.37 Å². The fraction of sp³-hybridized carbons (Fsp3) is 0.167. The summed E-state index contributed by atoms with van der Waals surface area (Å²) >= 11 is 1.08. The minimum absolute atomic E-state index is 0.0967. The van der Waals surface area contributed by atoms with Crippen molar-refractivity contribution in [2.45, 2.75) is 31.2 Å². The second kappa shape index (κ2) is 9.41. The van der Waals surface area contributed by atoms with Gasteiger partial charge in [0.05, 0.1) is 16.3 Å². The molecule has 1 atom stereocenters. The molecule has 2 aromatic carbocycles. The molecule has 0 aliphatic heterocycles. The number of aryl methyl sites for hydroxylation is 2. The van der Waals surface area contributed by atoms with Crippen LogP contribution in [-0.4, -0.2) is 27.0 Å². The Morgan fingerprint density at radius 3 is 2.42 bits per heavy atom. The summed E-state index contributed by atoms with van der Waals surface area (Å²) in [5.74, 6) is -0.298. The number of hydrogen-bond acceptors (Lipinski definition) is 6. The Labute approximate surface area is 193 Å². The van der Waals surface area contributed by atoms with Crippen LogP contribution >= 0.6 is 11.8 Å². The molecule has 7 nitrogen and oxygen atoms in total. The number of halogens is 1. The summed E-state index contributed by atoms with van der Waals surface area (Å²) in [7, 11) is 0. The fourth-order valence-electron chi connectivity index (χ4n) is 3.15. The molecule has 0 aliphatic carbocycles. The van der Waals surface area contributed by atoms with Crippen molar-refractivity contribution in [1.82, 2.24) is 9.97 Å². The molecule has 168 valence electrons. The van der Waals surface area contributed by atoms with Crippen LogP contribution in [-0.2, 0) is 4.79 Å². The smallest absolute Gasteiger partial charge is 0.256 e. The summed E-state index contributed by atoms with van der Waals surface area (Å²) in [6.45, 7) is 5.33. The third-order valence-electron chi connectivity index (χ3n) is 5.06. The zero-order chi connectivity index (χ0) is 23.5. The molecular weight excluding hydrogens is 443 g/mol. The zero-order valence-corrected chi connectivity index (χ0v) is 19.0. The Balaban J connectivity index is 1.61. The highest BCUT2D eigenvalue weighted by atomic mass is 32.2. The molecule has 2 N–H and O–H groups in total. The summed E-state index contributed by atoms with van der Waals surface area (Å²) in [6, 6.07) is 14.7. The van der Waals surface area contributed by atoms with E-state index in [0.29, 0.717) is 28.2 Å². The van der Waals surface area contributed by atoms with E-state index >= 15 is 0 Å². The molecule has 0 spiro atoms. The third kappa shape index (κ3) is 4.88. The predicted octanol–water partition coefficient (Wildman–Crippen LogP) is 5.35. The molecule has 0 fully saturated rings. The average molecular weight is 465 g/mol. The minimum Gasteiger partial charge on any atom is -0.443 e. The highest BCUT2D eigenvalue weighted by Gasteiger charge is 2.22. The number of hydrogen-bond donors (Lipinski definition) is 2. The predicted molar refractivity (Wildman–Crippen MR) is 126 cm³/mol. The lowest BCUT2D eigenvalue weighted by atomic mass is 10.2. The molecule has 0 aliphatic rings. The summed E-state index contributed by atoms with van der Waals surface area (Å²) in [6.07, 6.45) is 0. The Bertz CT molecular complexity index is 1340. The maximum absolute atomic E-state index is 13.9. The molecule has 1 unspecified atom stereocenters. The van der Waals surface area contributed by atoms with Crippen LogP contribution in [0.25, 0.3) is 11.1 Å². The molecule has 0 saturated carbocycles. The SMILES string of the molecule is Cc1oc2nc(SC(C)C(=O)Nc3ccccc3F)nc(NC(=O)c3ccccc3)c2c1C. The standard InChI is InChI=1S/C24H21FN4O3S/c1-13-14(2)32-23-19(13)20(27-22(31)16-9-5-4-6-10-16)28-24(29-23)33-15(3)21(30)26-18-12-8-7-11-17(18)25/h4-12,15H,1-3H3,(H,26,30)(H,27,28,29,31). The maximum Gasteiger partial charge on any atom is 0.256 e. The number of amides is 2. The van der Waals surface area contributed by atoms with Gasteiger partial charge in [-0.2, -0.15) is 4.98 Å². The molecular formula is C24H21FN4O3S. The lowest BCUT2D eigenvalue weighted by Crippen LogP contribution is -2.23. The van der Waals surface area contributed by atoms with E-state index in [1.165, 1.54) is 12.1 Å². The molecule has 0 bridgehead atoms. The van der Waals surface area contributed by atoms with E-state index in [-0.39, 0.29) is 16.8 Å². The van der Waals surface area contributed by atoms with E-state index in [9.17, 15) is 14.0 Å². The fourth-order valence-corrected chi connectivity index (χ4v) is 3.91. The first-order valence-corrected chi connectivity index (χ1v) is 11.1. The van der Waals surface area contributed by atoms with Gasteiger partial charge >= 0.3 is 0 Å². The summed E-state index contributed by atoms with van der Waals surface area (Å²) in [5, 5.41) is 5.60. The number of anilines is 2. The van der Waals surface area contributed by atoms with Crippen molar-refractivity contribution in [3.05, 3.63) is 77.3 Å². The van der Waals surface area contributed by atoms with Crippen LogP contribution in [0.15, 0.2) is 64.2 Å². The van der Waals surface area contributed by atoms with E-state index in [1.54, 1.807) is 50.2 Å². The molecule has 2 heterocycles. The average Bonchev–Trinajstić information content (AvgIpc) is 3.09. The highest BCUT2D eigenvalue weighted by molar-refractivity contribution is 8.00. The van der Waals surface area contributed by atoms with Crippen LogP contribution in [0.4, 0.5) is 15.9 Å². The number of fused-ring (bicyclic) bond motifs is 1. The van der Waals surface area contributed by atoms with Gasteiger partial charge in [0.25, 0.3) is 5.91 Å². The topological polar surface area (TPSA) is 97.1 Å². The first-order valence-electron chi connectivity index (χ1n) is 10.2. The highest BCUT2D eigenvalue weighted by Crippen LogP contribution is 2.32. The molecule has 33 heavy (non-hydrogen) atoms. The first kappa shape index (κ1) is 22.5. The van der Waals surface area contributed by atoms with E-state index in [1.807, 2.05) is 13.0 Å². The van der Waals surface area contributed by atoms with Crippen molar-refractivity contribution in [2.75, 3.05) is 10.6 Å². The van der Waals surface area contributed by atoms with Crippen molar-refractivity contribution in [3.8, 4) is 0 Å². The number of nitrogens with zero attached hydrogens (tertiary/aromatic N) is 2. The minimum atomic E-state index is -0.642. The summed E-state index contributed by atoms with van der Waals surface area (Å²) < 4.78 is 19.6. The number of thioether (sulfide) groups is 1. The molecule has 4 rings (SSSR count). The normalized spacial score (nSPS) is 11.9. The van der Waals surface area contributed by atoms with Crippen molar-refractivity contribution in [1.29, 1.82) is 0 Å². The van der Waals surface area contributed by atoms with Crippen LogP contribution in [0.5, 0.6) is 0 Å². The molecule has 4 aromatic rings. The van der Waals surface area contributed by atoms with Crippen LogP contribution in [0.2, 0.25) is 0 Å². The number of carbonyl (C=O) groups is 2. The summed E-state index contributed by atoms with van der Waals surface area (Å²) in [4.78, 5) is 34.3. The van der Waals surface area contributed by atoms with Crippen molar-refractivity contribution >= 4 is 46.2 Å². The Morgan fingerprint density at radius 1 is 1.00 bits per heavy atom. The van der Waals surface area contributed by atoms with Crippen LogP contribution in [0, 0.1) is 19.7 Å². The van der Waals surface area contributed by atoms with Gasteiger partial charge in [-0.1, -0.05) is 42.1 Å². The Morgan fingerprint density at radius 2 is 1.70 bits per heavy atom. The Kier molecular flexibility index (Phi) is 6.41. The van der Waals surface area contributed by atoms with Crippen molar-refractivity contribution < 1.29 is 18.4 Å². The molecule has 0 saturated heterocycles. The maximum atomic E-state index is 13.9. The van der Waals surface area contributed by atoms with E-state index < -0.39 is 17.0 Å². The molecule has 0 radical (unpaired) electrons. The van der Waals surface area contributed by atoms with E-state index in [4.69, 9.17) is 4.42 Å². The van der Waals surface area contributed by atoms with Crippen LogP contribution in [0.1, 0.15) is 28.6 Å². The van der Waals surface area contributed by atoms with Gasteiger partial charge in [-0.05, 0) is 45.0 Å². The van der Waals surface area contributed by atoms with Gasteiger partial charge in [0.1, 0.15) is 17.4 Å². The molecule has 2 amide bonds. The monoisotopic (exact) mass is 464 g/mol. The van der Waals surface area contributed by atoms with Crippen LogP contribution in [0.3, 0.4) is 0 Å². The number of nitrogens with one attached hydrogen (secondary N) is 2. The van der Waals surface area contributed by atoms with Crippen molar-refractivity contribution in [2.24, 2.45) is 0 Å². The number of benzene rings is 2. The largest absolute Gasteiger partial charge is 0.443 e. The number of carbonyl (C=O) groups excluding carboxylic acids is 2. The lowest BCUT2D eigenvalue weighted by Gasteiger charge is -2.13. The third-order valence-corrected chi connectivity index (χ3v) is 6.02. The van der Waals surface area contributed by atoms with Gasteiger partial charge in [0.15, 0.2) is 5.16 Å². The lowest BCUT2D eigenvalue weighted by molar-refractivity contribution is -0.115. The number of para-hydroxylation sites is 1. The van der Waals surface area contributed by atoms with E-state index in [0.717, 1.165) is 17.3 Å². The van der Waals surface area contributed by atoms with Gasteiger partial charge in [0, 0.05) is 11.1 Å². The number of rotatable bonds is 6. The number of aromatic nitrogens is 2. The molecule has 9 heteroatoms. The van der Waals surface area contributed by atoms with E-state index in [2.05, 4.69) is 20.6 Å².